The molecular weight excluding hydrogens is 312 g/mol. The van der Waals surface area contributed by atoms with Gasteiger partial charge in [0.1, 0.15) is 0 Å². The molecule has 0 amide bonds. The number of rotatable bonds is 2. The molecule has 9 heteroatoms. The highest BCUT2D eigenvalue weighted by molar-refractivity contribution is 7.99. The van der Waals surface area contributed by atoms with Gasteiger partial charge in [0.25, 0.3) is 0 Å². The molecule has 2 aliphatic rings. The van der Waals surface area contributed by atoms with Crippen LogP contribution in [0.1, 0.15) is 26.7 Å². The predicted octanol–water partition coefficient (Wildman–Crippen LogP) is -0.448. The molecule has 0 bridgehead atoms. The number of sulfone groups is 3. The van der Waals surface area contributed by atoms with Crippen LogP contribution >= 0.6 is 0 Å². The van der Waals surface area contributed by atoms with Crippen molar-refractivity contribution in [1.29, 1.82) is 0 Å². The smallest absolute Gasteiger partial charge is 0.158 e. The SMILES string of the molecule is CC1C(S(=O)(=O)C2CCS(=O)(=O)C2C)CCS1(=O)=O. The largest absolute Gasteiger partial charge is 0.229 e. The van der Waals surface area contributed by atoms with Crippen LogP contribution in [0.25, 0.3) is 0 Å². The van der Waals surface area contributed by atoms with Crippen LogP contribution in [0.3, 0.4) is 0 Å². The molecule has 0 N–H and O–H groups in total. The van der Waals surface area contributed by atoms with E-state index in [2.05, 4.69) is 0 Å². The first-order valence-electron chi connectivity index (χ1n) is 6.16. The lowest BCUT2D eigenvalue weighted by Crippen LogP contribution is -2.41. The second-order valence-corrected chi connectivity index (χ2v) is 12.7. The monoisotopic (exact) mass is 330 g/mol. The standard InChI is InChI=1S/C10H18O6S3/c1-7-9(3-5-17(7,11)12)19(15,16)10-4-6-18(13,14)8(10)2/h7-10H,3-6H2,1-2H3. The van der Waals surface area contributed by atoms with E-state index < -0.39 is 50.5 Å². The Morgan fingerprint density at radius 3 is 1.32 bits per heavy atom. The molecule has 4 atom stereocenters. The average Bonchev–Trinajstić information content (AvgIpc) is 2.68. The van der Waals surface area contributed by atoms with Gasteiger partial charge in [0.05, 0.1) is 32.5 Å². The highest BCUT2D eigenvalue weighted by atomic mass is 32.2. The number of hydrogen-bond donors (Lipinski definition) is 0. The Labute approximate surface area is 114 Å². The Morgan fingerprint density at radius 1 is 0.789 bits per heavy atom. The molecule has 112 valence electrons. The van der Waals surface area contributed by atoms with Crippen molar-refractivity contribution in [2.75, 3.05) is 11.5 Å². The Hall–Kier alpha value is -0.150. The molecule has 0 aliphatic carbocycles. The van der Waals surface area contributed by atoms with Gasteiger partial charge >= 0.3 is 0 Å². The summed E-state index contributed by atoms with van der Waals surface area (Å²) in [5, 5.41) is -3.79. The van der Waals surface area contributed by atoms with Crippen molar-refractivity contribution >= 4 is 29.5 Å². The maximum absolute atomic E-state index is 12.5. The first-order valence-corrected chi connectivity index (χ1v) is 11.2. The van der Waals surface area contributed by atoms with Crippen LogP contribution in [0, 0.1) is 0 Å². The van der Waals surface area contributed by atoms with Crippen molar-refractivity contribution in [3.8, 4) is 0 Å². The highest BCUT2D eigenvalue weighted by Crippen LogP contribution is 2.35. The molecule has 2 fully saturated rings. The van der Waals surface area contributed by atoms with Crippen molar-refractivity contribution in [3.63, 3.8) is 0 Å². The summed E-state index contributed by atoms with van der Waals surface area (Å²) in [6.45, 7) is 2.80. The zero-order valence-electron chi connectivity index (χ0n) is 10.8. The van der Waals surface area contributed by atoms with Crippen LogP contribution in [0.15, 0.2) is 0 Å². The van der Waals surface area contributed by atoms with Gasteiger partial charge < -0.3 is 0 Å². The summed E-state index contributed by atoms with van der Waals surface area (Å²) >= 11 is 0. The molecule has 2 rings (SSSR count). The Balaban J connectivity index is 2.36. The predicted molar refractivity (Wildman–Crippen MR) is 72.2 cm³/mol. The van der Waals surface area contributed by atoms with Crippen molar-refractivity contribution in [2.45, 2.75) is 47.7 Å². The third-order valence-corrected chi connectivity index (χ3v) is 12.3. The van der Waals surface area contributed by atoms with Gasteiger partial charge in [-0.05, 0) is 26.7 Å². The lowest BCUT2D eigenvalue weighted by atomic mass is 10.2. The minimum atomic E-state index is -3.74. The fourth-order valence-electron chi connectivity index (χ4n) is 2.95. The molecule has 0 aromatic carbocycles. The summed E-state index contributed by atoms with van der Waals surface area (Å²) in [5.74, 6) is -0.266. The van der Waals surface area contributed by atoms with Gasteiger partial charge in [0.15, 0.2) is 29.5 Å². The van der Waals surface area contributed by atoms with Crippen LogP contribution < -0.4 is 0 Å². The topological polar surface area (TPSA) is 102 Å². The van der Waals surface area contributed by atoms with E-state index in [1.807, 2.05) is 0 Å². The van der Waals surface area contributed by atoms with Gasteiger partial charge in [-0.25, -0.2) is 25.3 Å². The normalized spacial score (nSPS) is 41.4. The Morgan fingerprint density at radius 2 is 1.11 bits per heavy atom. The summed E-state index contributed by atoms with van der Waals surface area (Å²) in [6, 6.07) is 0. The maximum atomic E-state index is 12.5. The molecule has 6 nitrogen and oxygen atoms in total. The lowest BCUT2D eigenvalue weighted by molar-refractivity contribution is 0.552. The Kier molecular flexibility index (Phi) is 3.55. The van der Waals surface area contributed by atoms with Gasteiger partial charge in [0, 0.05) is 0 Å². The van der Waals surface area contributed by atoms with Crippen LogP contribution in [0.5, 0.6) is 0 Å². The summed E-state index contributed by atoms with van der Waals surface area (Å²) in [5.41, 5.74) is 0. The first-order chi connectivity index (χ1) is 8.50. The van der Waals surface area contributed by atoms with Gasteiger partial charge in [-0.15, -0.1) is 0 Å². The van der Waals surface area contributed by atoms with Crippen LogP contribution in [0.4, 0.5) is 0 Å². The molecule has 4 unspecified atom stereocenters. The summed E-state index contributed by atoms with van der Waals surface area (Å²) in [4.78, 5) is 0. The quantitative estimate of drug-likeness (QED) is 0.679. The second kappa shape index (κ2) is 4.42. The molecule has 0 spiro atoms. The molecule has 0 aromatic rings. The van der Waals surface area contributed by atoms with E-state index in [-0.39, 0.29) is 24.3 Å². The van der Waals surface area contributed by atoms with E-state index in [0.29, 0.717) is 0 Å². The highest BCUT2D eigenvalue weighted by Gasteiger charge is 2.52. The van der Waals surface area contributed by atoms with Crippen molar-refractivity contribution in [1.82, 2.24) is 0 Å². The lowest BCUT2D eigenvalue weighted by Gasteiger charge is -2.22. The molecule has 2 saturated heterocycles. The van der Waals surface area contributed by atoms with Gasteiger partial charge in [-0.1, -0.05) is 0 Å². The molecule has 2 aliphatic heterocycles. The minimum Gasteiger partial charge on any atom is -0.229 e. The van der Waals surface area contributed by atoms with E-state index in [1.54, 1.807) is 0 Å². The van der Waals surface area contributed by atoms with Crippen LogP contribution in [0.2, 0.25) is 0 Å². The minimum absolute atomic E-state index is 0.0785. The summed E-state index contributed by atoms with van der Waals surface area (Å²) < 4.78 is 71.6. The van der Waals surface area contributed by atoms with E-state index in [0.717, 1.165) is 0 Å². The number of hydrogen-bond acceptors (Lipinski definition) is 6. The van der Waals surface area contributed by atoms with E-state index in [4.69, 9.17) is 0 Å². The third-order valence-electron chi connectivity index (χ3n) is 4.40. The third kappa shape index (κ3) is 2.33. The molecule has 0 aromatic heterocycles. The van der Waals surface area contributed by atoms with Crippen molar-refractivity contribution in [2.24, 2.45) is 0 Å². The Bertz CT molecular complexity index is 619. The fraction of sp³-hybridized carbons (Fsp3) is 1.00. The van der Waals surface area contributed by atoms with E-state index >= 15 is 0 Å². The summed E-state index contributed by atoms with van der Waals surface area (Å²) in [7, 11) is -10.5. The maximum Gasteiger partial charge on any atom is 0.158 e. The van der Waals surface area contributed by atoms with Gasteiger partial charge in [-0.3, -0.25) is 0 Å². The van der Waals surface area contributed by atoms with Crippen molar-refractivity contribution < 1.29 is 25.3 Å². The van der Waals surface area contributed by atoms with Crippen LogP contribution in [-0.2, 0) is 29.5 Å². The van der Waals surface area contributed by atoms with E-state index in [9.17, 15) is 25.3 Å². The summed E-state index contributed by atoms with van der Waals surface area (Å²) in [6.07, 6.45) is 0.157. The second-order valence-electron chi connectivity index (χ2n) is 5.39. The molecule has 2 heterocycles. The molecular formula is C10H18O6S3. The zero-order valence-corrected chi connectivity index (χ0v) is 13.3. The zero-order chi connectivity index (χ0) is 14.6. The average molecular weight is 330 g/mol. The molecule has 19 heavy (non-hydrogen) atoms. The molecule has 0 radical (unpaired) electrons. The van der Waals surface area contributed by atoms with Gasteiger partial charge in [-0.2, -0.15) is 0 Å². The fourth-order valence-corrected chi connectivity index (χ4v) is 10.7. The first kappa shape index (κ1) is 15.2. The molecule has 0 saturated carbocycles. The van der Waals surface area contributed by atoms with Crippen molar-refractivity contribution in [3.05, 3.63) is 0 Å². The van der Waals surface area contributed by atoms with Gasteiger partial charge in [0.2, 0.25) is 0 Å². The van der Waals surface area contributed by atoms with Crippen LogP contribution in [-0.4, -0.2) is 57.8 Å². The van der Waals surface area contributed by atoms with E-state index in [1.165, 1.54) is 13.8 Å².